The smallest absolute Gasteiger partial charge is 0.342 e. The number of esters is 5. The number of phenolic OH excluding ortho intramolecular Hbond substituents is 4. The molecule has 0 unspecified atom stereocenters. The quantitative estimate of drug-likeness (QED) is 0.218. The van der Waals surface area contributed by atoms with E-state index in [9.17, 15) is 49.5 Å². The number of fused-ring (bicyclic) bond motifs is 2. The van der Waals surface area contributed by atoms with E-state index in [0.717, 1.165) is 12.1 Å². The maximum Gasteiger partial charge on any atom is 0.342 e. The molecule has 15 heteroatoms. The largest absolute Gasteiger partial charge is 0.508 e. The number of carbonyl (C=O) groups is 5. The van der Waals surface area contributed by atoms with Crippen molar-refractivity contribution in [1.82, 2.24) is 0 Å². The predicted octanol–water partition coefficient (Wildman–Crippen LogP) is 2.34. The molecule has 1 heterocycles. The van der Waals surface area contributed by atoms with Gasteiger partial charge in [0.2, 0.25) is 0 Å². The van der Waals surface area contributed by atoms with Gasteiger partial charge in [0.25, 0.3) is 0 Å². The first kappa shape index (κ1) is 36.4. The van der Waals surface area contributed by atoms with Gasteiger partial charge in [-0.15, -0.1) is 0 Å². The van der Waals surface area contributed by atoms with Gasteiger partial charge in [-0.3, -0.25) is 14.4 Å². The van der Waals surface area contributed by atoms with Crippen LogP contribution in [-0.2, 0) is 50.9 Å². The van der Waals surface area contributed by atoms with Crippen molar-refractivity contribution in [1.29, 1.82) is 0 Å². The van der Waals surface area contributed by atoms with E-state index in [2.05, 4.69) is 0 Å². The number of rotatable bonds is 1. The molecule has 2 aromatic rings. The maximum absolute atomic E-state index is 13.1. The molecule has 0 bridgehead atoms. The van der Waals surface area contributed by atoms with E-state index >= 15 is 0 Å². The molecule has 0 spiro atoms. The third-order valence-corrected chi connectivity index (χ3v) is 6.88. The Balaban J connectivity index is 1.92. The number of carbonyl (C=O) groups excluding carboxylic acids is 5. The Kier molecular flexibility index (Phi) is 12.4. The summed E-state index contributed by atoms with van der Waals surface area (Å²) in [4.78, 5) is 63.9. The van der Waals surface area contributed by atoms with Crippen molar-refractivity contribution in [2.75, 3.05) is 6.61 Å². The zero-order valence-corrected chi connectivity index (χ0v) is 26.3. The van der Waals surface area contributed by atoms with E-state index in [1.54, 1.807) is 0 Å². The molecule has 0 saturated heterocycles. The molecule has 15 nitrogen and oxygen atoms in total. The predicted molar refractivity (Wildman–Crippen MR) is 159 cm³/mol. The van der Waals surface area contributed by atoms with Crippen LogP contribution in [0.4, 0.5) is 0 Å². The van der Waals surface area contributed by atoms with Crippen LogP contribution in [0.1, 0.15) is 78.8 Å². The lowest BCUT2D eigenvalue weighted by molar-refractivity contribution is -0.160. The summed E-state index contributed by atoms with van der Waals surface area (Å²) in [7, 11) is 0. The Labute approximate surface area is 269 Å². The van der Waals surface area contributed by atoms with Crippen molar-refractivity contribution in [3.8, 4) is 23.0 Å². The maximum atomic E-state index is 13.1. The third-order valence-electron chi connectivity index (χ3n) is 6.88. The molecular formula is C32H38O15. The zero-order valence-electron chi connectivity index (χ0n) is 26.3. The van der Waals surface area contributed by atoms with Crippen molar-refractivity contribution in [3.05, 3.63) is 46.5 Å². The number of cyclic esters (lactones) is 5. The summed E-state index contributed by atoms with van der Waals surface area (Å²) in [6, 6.07) is 4.16. The molecule has 3 rings (SSSR count). The van der Waals surface area contributed by atoms with Gasteiger partial charge in [-0.2, -0.15) is 0 Å². The van der Waals surface area contributed by atoms with Crippen LogP contribution in [0.5, 0.6) is 23.0 Å². The van der Waals surface area contributed by atoms with Crippen molar-refractivity contribution in [3.63, 3.8) is 0 Å². The number of aromatic hydroxyl groups is 4. The van der Waals surface area contributed by atoms with E-state index in [4.69, 9.17) is 23.7 Å². The Morgan fingerprint density at radius 2 is 0.894 bits per heavy atom. The van der Waals surface area contributed by atoms with Crippen LogP contribution in [0.3, 0.4) is 0 Å². The first-order chi connectivity index (χ1) is 22.1. The Hall–Kier alpha value is -5.05. The van der Waals surface area contributed by atoms with Crippen LogP contribution in [0.25, 0.3) is 0 Å². The van der Waals surface area contributed by atoms with Gasteiger partial charge in [0, 0.05) is 25.0 Å². The summed E-state index contributed by atoms with van der Waals surface area (Å²) in [6.45, 7) is 4.98. The highest BCUT2D eigenvalue weighted by atomic mass is 16.6. The lowest BCUT2D eigenvalue weighted by Crippen LogP contribution is -2.30. The molecular weight excluding hydrogens is 624 g/mol. The summed E-state index contributed by atoms with van der Waals surface area (Å²) < 4.78 is 26.5. The van der Waals surface area contributed by atoms with Crippen LogP contribution in [0, 0.1) is 0 Å². The van der Waals surface area contributed by atoms with Crippen LogP contribution < -0.4 is 0 Å². The lowest BCUT2D eigenvalue weighted by Gasteiger charge is -2.21. The van der Waals surface area contributed by atoms with Crippen LogP contribution in [-0.4, -0.2) is 92.5 Å². The average Bonchev–Trinajstić information content (AvgIpc) is 2.90. The lowest BCUT2D eigenvalue weighted by atomic mass is 10.00. The second-order valence-corrected chi connectivity index (χ2v) is 11.3. The van der Waals surface area contributed by atoms with E-state index in [0.29, 0.717) is 0 Å². The van der Waals surface area contributed by atoms with E-state index < -0.39 is 103 Å². The average molecular weight is 663 g/mol. The fourth-order valence-corrected chi connectivity index (χ4v) is 4.98. The van der Waals surface area contributed by atoms with E-state index in [1.807, 2.05) is 0 Å². The normalized spacial score (nSPS) is 24.3. The second-order valence-electron chi connectivity index (χ2n) is 11.3. The molecule has 5 atom stereocenters. The van der Waals surface area contributed by atoms with E-state index in [-0.39, 0.29) is 40.8 Å². The van der Waals surface area contributed by atoms with Gasteiger partial charge >= 0.3 is 29.8 Å². The first-order valence-corrected chi connectivity index (χ1v) is 14.8. The van der Waals surface area contributed by atoms with Crippen molar-refractivity contribution < 1.29 is 73.2 Å². The SMILES string of the molecule is C[C@@H]1Cc2cc(O)cc(O)c2C(=O)O[C@H](C)CC(=O)O[C@H](CO)CC(=O)O[C@H](C)Cc2cc(O)cc(O)c2C(=O)O[C@H](C)CC(=O)O1. The molecule has 0 aromatic heterocycles. The molecule has 0 fully saturated rings. The second kappa shape index (κ2) is 16.0. The molecule has 1 aliphatic rings. The van der Waals surface area contributed by atoms with Crippen LogP contribution in [0.2, 0.25) is 0 Å². The number of phenols is 4. The Morgan fingerprint density at radius 1 is 0.532 bits per heavy atom. The third kappa shape index (κ3) is 10.5. The topological polar surface area (TPSA) is 233 Å². The number of aliphatic hydroxyl groups excluding tert-OH is 1. The van der Waals surface area contributed by atoms with Gasteiger partial charge in [0.05, 0.1) is 25.9 Å². The zero-order chi connectivity index (χ0) is 35.0. The Morgan fingerprint density at radius 3 is 1.30 bits per heavy atom. The fourth-order valence-electron chi connectivity index (χ4n) is 4.98. The Bertz CT molecular complexity index is 1500. The summed E-state index contributed by atoms with van der Waals surface area (Å²) in [6.07, 6.45) is -7.13. The van der Waals surface area contributed by atoms with Gasteiger partial charge < -0.3 is 49.2 Å². The summed E-state index contributed by atoms with van der Waals surface area (Å²) in [5.74, 6) is -6.75. The number of hydrogen-bond acceptors (Lipinski definition) is 15. The van der Waals surface area contributed by atoms with Crippen LogP contribution in [0.15, 0.2) is 24.3 Å². The van der Waals surface area contributed by atoms with Gasteiger partial charge in [0.15, 0.2) is 0 Å². The molecule has 0 saturated carbocycles. The summed E-state index contributed by atoms with van der Waals surface area (Å²) >= 11 is 0. The number of ether oxygens (including phenoxy) is 5. The minimum absolute atomic E-state index is 0.0555. The molecule has 47 heavy (non-hydrogen) atoms. The molecule has 0 radical (unpaired) electrons. The molecule has 2 aromatic carbocycles. The number of benzene rings is 2. The molecule has 5 N–H and O–H groups in total. The summed E-state index contributed by atoms with van der Waals surface area (Å²) in [5.41, 5.74) is -0.574. The van der Waals surface area contributed by atoms with Gasteiger partial charge in [-0.1, -0.05) is 0 Å². The van der Waals surface area contributed by atoms with Crippen molar-refractivity contribution >= 4 is 29.8 Å². The molecule has 0 amide bonds. The first-order valence-electron chi connectivity index (χ1n) is 14.8. The minimum Gasteiger partial charge on any atom is -0.508 e. The fraction of sp³-hybridized carbons (Fsp3) is 0.469. The standard InChI is InChI=1S/C32H38O15/c1-15-5-19-9-21(34)11-24(36)29(19)32(42)46-18(4)8-27(39)47-23(14-33)13-28(40)44-16(2)6-20-10-22(35)12-25(37)30(20)31(41)45-17(3)7-26(38)43-15/h9-12,15-18,23,33-37H,5-8,13-14H2,1-4H3/t15-,16-,17-,18-,23+/m1/s1. The van der Waals surface area contributed by atoms with Crippen molar-refractivity contribution in [2.24, 2.45) is 0 Å². The van der Waals surface area contributed by atoms with Gasteiger partial charge in [-0.25, -0.2) is 9.59 Å². The number of aliphatic hydroxyl groups is 1. The monoisotopic (exact) mass is 662 g/mol. The van der Waals surface area contributed by atoms with Gasteiger partial charge in [0.1, 0.15) is 64.6 Å². The molecule has 1 aliphatic heterocycles. The van der Waals surface area contributed by atoms with Crippen LogP contribution >= 0.6 is 0 Å². The highest BCUT2D eigenvalue weighted by Gasteiger charge is 2.28. The van der Waals surface area contributed by atoms with Gasteiger partial charge in [-0.05, 0) is 51.0 Å². The van der Waals surface area contributed by atoms with E-state index in [1.165, 1.54) is 39.8 Å². The highest BCUT2D eigenvalue weighted by Crippen LogP contribution is 2.31. The minimum atomic E-state index is -1.32. The summed E-state index contributed by atoms with van der Waals surface area (Å²) in [5, 5.41) is 50.7. The number of hydrogen-bond donors (Lipinski definition) is 5. The van der Waals surface area contributed by atoms with Crippen molar-refractivity contribution in [2.45, 2.75) is 90.3 Å². The molecule has 256 valence electrons. The highest BCUT2D eigenvalue weighted by molar-refractivity contribution is 5.95. The molecule has 0 aliphatic carbocycles.